The molecule has 0 radical (unpaired) electrons. The Labute approximate surface area is 111 Å². The van der Waals surface area contributed by atoms with Crippen LogP contribution in [0, 0.1) is 6.92 Å². The third-order valence-corrected chi connectivity index (χ3v) is 2.92. The highest BCUT2D eigenvalue weighted by Crippen LogP contribution is 2.05. The second-order valence-electron chi connectivity index (χ2n) is 4.43. The monoisotopic (exact) mass is 247 g/mol. The Hall–Kier alpha value is -1.28. The van der Waals surface area contributed by atoms with Gasteiger partial charge in [-0.25, -0.2) is 0 Å². The van der Waals surface area contributed by atoms with Crippen LogP contribution in [0.5, 0.6) is 0 Å². The molecular weight excluding hydrogens is 222 g/mol. The first-order valence-corrected chi connectivity index (χ1v) is 6.78. The summed E-state index contributed by atoms with van der Waals surface area (Å²) in [6.07, 6.45) is 4.17. The lowest BCUT2D eigenvalue weighted by molar-refractivity contribution is 0.149. The SMILES string of the molecule is C/C=C(/CCOCC)NCCc1cccc(C)c1. The summed E-state index contributed by atoms with van der Waals surface area (Å²) < 4.78 is 5.37. The highest BCUT2D eigenvalue weighted by atomic mass is 16.5. The quantitative estimate of drug-likeness (QED) is 0.710. The summed E-state index contributed by atoms with van der Waals surface area (Å²) in [5.74, 6) is 0. The first-order chi connectivity index (χ1) is 8.76. The molecule has 18 heavy (non-hydrogen) atoms. The number of ether oxygens (including phenoxy) is 1. The molecule has 0 atom stereocenters. The van der Waals surface area contributed by atoms with E-state index < -0.39 is 0 Å². The molecule has 1 rings (SSSR count). The molecule has 0 heterocycles. The van der Waals surface area contributed by atoms with E-state index in [0.717, 1.165) is 32.6 Å². The Morgan fingerprint density at radius 1 is 1.39 bits per heavy atom. The van der Waals surface area contributed by atoms with Crippen molar-refractivity contribution >= 4 is 0 Å². The summed E-state index contributed by atoms with van der Waals surface area (Å²) >= 11 is 0. The zero-order chi connectivity index (χ0) is 13.2. The average Bonchev–Trinajstić information content (AvgIpc) is 2.37. The van der Waals surface area contributed by atoms with Crippen LogP contribution in [-0.4, -0.2) is 19.8 Å². The summed E-state index contributed by atoms with van der Waals surface area (Å²) in [7, 11) is 0. The van der Waals surface area contributed by atoms with Crippen LogP contribution in [0.15, 0.2) is 36.0 Å². The molecule has 0 aliphatic heterocycles. The van der Waals surface area contributed by atoms with Crippen molar-refractivity contribution in [2.45, 2.75) is 33.6 Å². The van der Waals surface area contributed by atoms with E-state index in [1.807, 2.05) is 6.92 Å². The summed E-state index contributed by atoms with van der Waals surface area (Å²) in [6, 6.07) is 8.69. The molecule has 0 aliphatic rings. The Morgan fingerprint density at radius 3 is 2.89 bits per heavy atom. The van der Waals surface area contributed by atoms with Crippen LogP contribution in [0.3, 0.4) is 0 Å². The van der Waals surface area contributed by atoms with Gasteiger partial charge in [-0.1, -0.05) is 35.9 Å². The molecule has 0 spiro atoms. The Balaban J connectivity index is 2.27. The van der Waals surface area contributed by atoms with Crippen LogP contribution in [0.25, 0.3) is 0 Å². The molecule has 1 N–H and O–H groups in total. The van der Waals surface area contributed by atoms with E-state index >= 15 is 0 Å². The van der Waals surface area contributed by atoms with Crippen molar-refractivity contribution in [1.29, 1.82) is 0 Å². The van der Waals surface area contributed by atoms with Gasteiger partial charge in [-0.15, -0.1) is 0 Å². The smallest absolute Gasteiger partial charge is 0.0520 e. The Kier molecular flexibility index (Phi) is 7.19. The standard InChI is InChI=1S/C16H25NO/c1-4-16(10-12-18-5-2)17-11-9-15-8-6-7-14(3)13-15/h4,6-8,13,17H,5,9-12H2,1-3H3/b16-4-. The number of benzene rings is 1. The fourth-order valence-corrected chi connectivity index (χ4v) is 1.90. The van der Waals surface area contributed by atoms with Crippen LogP contribution in [0.1, 0.15) is 31.4 Å². The maximum atomic E-state index is 5.37. The minimum absolute atomic E-state index is 0.792. The van der Waals surface area contributed by atoms with Gasteiger partial charge in [0.15, 0.2) is 0 Å². The van der Waals surface area contributed by atoms with Crippen LogP contribution in [0.2, 0.25) is 0 Å². The maximum Gasteiger partial charge on any atom is 0.0520 e. The molecule has 0 bridgehead atoms. The zero-order valence-electron chi connectivity index (χ0n) is 11.8. The van der Waals surface area contributed by atoms with Crippen LogP contribution in [-0.2, 0) is 11.2 Å². The van der Waals surface area contributed by atoms with Crippen molar-refractivity contribution in [3.63, 3.8) is 0 Å². The number of rotatable bonds is 8. The van der Waals surface area contributed by atoms with E-state index in [-0.39, 0.29) is 0 Å². The van der Waals surface area contributed by atoms with E-state index in [0.29, 0.717) is 0 Å². The van der Waals surface area contributed by atoms with Gasteiger partial charge in [-0.2, -0.15) is 0 Å². The van der Waals surface area contributed by atoms with Crippen molar-refractivity contribution in [3.05, 3.63) is 47.2 Å². The van der Waals surface area contributed by atoms with Gasteiger partial charge in [-0.05, 0) is 32.8 Å². The Morgan fingerprint density at radius 2 is 2.22 bits per heavy atom. The predicted molar refractivity (Wildman–Crippen MR) is 77.8 cm³/mol. The molecule has 0 unspecified atom stereocenters. The van der Waals surface area contributed by atoms with Crippen molar-refractivity contribution < 1.29 is 4.74 Å². The van der Waals surface area contributed by atoms with Gasteiger partial charge in [0.1, 0.15) is 0 Å². The molecule has 2 heteroatoms. The highest BCUT2D eigenvalue weighted by molar-refractivity contribution is 5.22. The van der Waals surface area contributed by atoms with E-state index in [4.69, 9.17) is 4.74 Å². The number of hydrogen-bond donors (Lipinski definition) is 1. The fourth-order valence-electron chi connectivity index (χ4n) is 1.90. The molecule has 2 nitrogen and oxygen atoms in total. The second-order valence-corrected chi connectivity index (χ2v) is 4.43. The molecule has 0 saturated carbocycles. The van der Waals surface area contributed by atoms with Crippen LogP contribution >= 0.6 is 0 Å². The molecule has 0 aliphatic carbocycles. The maximum absolute atomic E-state index is 5.37. The summed E-state index contributed by atoms with van der Waals surface area (Å²) in [5.41, 5.74) is 3.99. The number of aryl methyl sites for hydroxylation is 1. The van der Waals surface area contributed by atoms with Crippen molar-refractivity contribution in [2.24, 2.45) is 0 Å². The lowest BCUT2D eigenvalue weighted by Crippen LogP contribution is -2.18. The molecule has 0 fully saturated rings. The van der Waals surface area contributed by atoms with Gasteiger partial charge in [-0.3, -0.25) is 0 Å². The second kappa shape index (κ2) is 8.76. The summed E-state index contributed by atoms with van der Waals surface area (Å²) in [5, 5.41) is 3.48. The van der Waals surface area contributed by atoms with Crippen molar-refractivity contribution in [1.82, 2.24) is 5.32 Å². The topological polar surface area (TPSA) is 21.3 Å². The van der Waals surface area contributed by atoms with Gasteiger partial charge in [0.2, 0.25) is 0 Å². The van der Waals surface area contributed by atoms with Gasteiger partial charge >= 0.3 is 0 Å². The molecule has 0 amide bonds. The van der Waals surface area contributed by atoms with Gasteiger partial charge < -0.3 is 10.1 Å². The van der Waals surface area contributed by atoms with Gasteiger partial charge in [0.05, 0.1) is 6.61 Å². The molecule has 1 aromatic rings. The van der Waals surface area contributed by atoms with Gasteiger partial charge in [0.25, 0.3) is 0 Å². The molecule has 0 saturated heterocycles. The predicted octanol–water partition coefficient (Wildman–Crippen LogP) is 3.46. The number of allylic oxidation sites excluding steroid dienone is 1. The summed E-state index contributed by atoms with van der Waals surface area (Å²) in [4.78, 5) is 0. The average molecular weight is 247 g/mol. The molecule has 1 aromatic carbocycles. The van der Waals surface area contributed by atoms with E-state index in [2.05, 4.69) is 49.5 Å². The fraction of sp³-hybridized carbons (Fsp3) is 0.500. The van der Waals surface area contributed by atoms with Gasteiger partial charge in [0, 0.05) is 25.3 Å². The van der Waals surface area contributed by atoms with Crippen molar-refractivity contribution in [3.8, 4) is 0 Å². The normalized spacial score (nSPS) is 11.6. The lowest BCUT2D eigenvalue weighted by Gasteiger charge is -2.11. The van der Waals surface area contributed by atoms with Crippen LogP contribution < -0.4 is 5.32 Å². The lowest BCUT2D eigenvalue weighted by atomic mass is 10.1. The zero-order valence-corrected chi connectivity index (χ0v) is 11.8. The van der Waals surface area contributed by atoms with E-state index in [1.165, 1.54) is 16.8 Å². The highest BCUT2D eigenvalue weighted by Gasteiger charge is 1.97. The molecular formula is C16H25NO. The third-order valence-electron chi connectivity index (χ3n) is 2.92. The third kappa shape index (κ3) is 5.87. The van der Waals surface area contributed by atoms with Crippen molar-refractivity contribution in [2.75, 3.05) is 19.8 Å². The minimum atomic E-state index is 0.792. The number of nitrogens with one attached hydrogen (secondary N) is 1. The summed E-state index contributed by atoms with van der Waals surface area (Å²) in [6.45, 7) is 8.81. The largest absolute Gasteiger partial charge is 0.388 e. The van der Waals surface area contributed by atoms with Crippen LogP contribution in [0.4, 0.5) is 0 Å². The minimum Gasteiger partial charge on any atom is -0.388 e. The van der Waals surface area contributed by atoms with E-state index in [9.17, 15) is 0 Å². The first kappa shape index (κ1) is 14.8. The molecule has 100 valence electrons. The Bertz CT molecular complexity index is 371. The van der Waals surface area contributed by atoms with E-state index in [1.54, 1.807) is 0 Å². The number of hydrogen-bond acceptors (Lipinski definition) is 2. The first-order valence-electron chi connectivity index (χ1n) is 6.78. The molecule has 0 aromatic heterocycles.